The van der Waals surface area contributed by atoms with Crippen LogP contribution in [0.1, 0.15) is 76.1 Å². The lowest BCUT2D eigenvalue weighted by Crippen LogP contribution is -2.76. The number of hydrogen-bond acceptors (Lipinski definition) is 11. The van der Waals surface area contributed by atoms with Crippen molar-refractivity contribution in [3.8, 4) is 11.5 Å². The van der Waals surface area contributed by atoms with E-state index in [4.69, 9.17) is 18.9 Å². The first-order valence-corrected chi connectivity index (χ1v) is 17.6. The van der Waals surface area contributed by atoms with E-state index in [-0.39, 0.29) is 23.4 Å². The normalized spacial score (nSPS) is 52.9. The van der Waals surface area contributed by atoms with E-state index in [9.17, 15) is 30.3 Å². The van der Waals surface area contributed by atoms with Crippen LogP contribution in [-0.4, -0.2) is 111 Å². The van der Waals surface area contributed by atoms with Crippen LogP contribution in [0, 0.1) is 40.9 Å². The fourth-order valence-electron chi connectivity index (χ4n) is 12.7. The topological polar surface area (TPSA) is 158 Å². The van der Waals surface area contributed by atoms with Gasteiger partial charge >= 0.3 is 5.97 Å². The molecule has 5 N–H and O–H groups in total. The molecule has 47 heavy (non-hydrogen) atoms. The van der Waals surface area contributed by atoms with Gasteiger partial charge in [-0.3, -0.25) is 4.90 Å². The van der Waals surface area contributed by atoms with Crippen molar-refractivity contribution in [3.05, 3.63) is 23.8 Å². The van der Waals surface area contributed by atoms with Gasteiger partial charge in [-0.2, -0.15) is 0 Å². The van der Waals surface area contributed by atoms with Gasteiger partial charge in [-0.05, 0) is 87.8 Å². The number of ether oxygens (including phenoxy) is 4. The molecule has 3 saturated heterocycles. The second-order valence-corrected chi connectivity index (χ2v) is 16.5. The molecule has 3 aliphatic heterocycles. The smallest absolute Gasteiger partial charge is 0.338 e. The van der Waals surface area contributed by atoms with Crippen LogP contribution in [0.15, 0.2) is 18.2 Å². The summed E-state index contributed by atoms with van der Waals surface area (Å²) in [6, 6.07) is 4.65. The summed E-state index contributed by atoms with van der Waals surface area (Å²) in [6.07, 6.45) is 0.454. The molecule has 7 aliphatic rings. The second kappa shape index (κ2) is 10.3. The van der Waals surface area contributed by atoms with Crippen LogP contribution in [0.2, 0.25) is 0 Å². The Morgan fingerprint density at radius 3 is 2.40 bits per heavy atom. The molecular weight excluding hydrogens is 606 g/mol. The summed E-state index contributed by atoms with van der Waals surface area (Å²) in [6.45, 7) is 7.60. The number of fused-ring (bicyclic) bond motifs is 5. The van der Waals surface area contributed by atoms with Crippen molar-refractivity contribution in [1.29, 1.82) is 0 Å². The Hall–Kier alpha value is -1.99. The highest BCUT2D eigenvalue weighted by Gasteiger charge is 2.85. The van der Waals surface area contributed by atoms with Crippen LogP contribution in [0.5, 0.6) is 11.5 Å². The summed E-state index contributed by atoms with van der Waals surface area (Å²) in [7, 11) is 3.01. The van der Waals surface area contributed by atoms with Gasteiger partial charge in [0.25, 0.3) is 0 Å². The van der Waals surface area contributed by atoms with Gasteiger partial charge in [0.15, 0.2) is 17.6 Å². The number of carbonyl (C=O) groups is 1. The molecule has 4 aliphatic carbocycles. The SMILES string of the molecule is COc1ccc(C(=O)O[C@H]2CC[C@@]3(C)C4CCC5[C@@]6(O)C(C[C@]53O[C@@]42O)C2CN3C[C@@H](C)CC[C@H]3C(C)(O)C2[C@@H](O)[C@@H]6O)cc1OC. The monoisotopic (exact) mass is 657 g/mol. The van der Waals surface area contributed by atoms with Crippen LogP contribution in [0.4, 0.5) is 0 Å². The Labute approximate surface area is 276 Å². The average molecular weight is 658 g/mol. The van der Waals surface area contributed by atoms with Crippen LogP contribution >= 0.6 is 0 Å². The van der Waals surface area contributed by atoms with Crippen molar-refractivity contribution in [1.82, 2.24) is 4.90 Å². The highest BCUT2D eigenvalue weighted by Crippen LogP contribution is 2.77. The predicted molar refractivity (Wildman–Crippen MR) is 168 cm³/mol. The maximum absolute atomic E-state index is 13.5. The Balaban J connectivity index is 1.14. The van der Waals surface area contributed by atoms with E-state index in [2.05, 4.69) is 18.7 Å². The van der Waals surface area contributed by atoms with E-state index >= 15 is 0 Å². The Morgan fingerprint density at radius 2 is 1.68 bits per heavy atom. The first kappa shape index (κ1) is 32.2. The fraction of sp³-hybridized carbons (Fsp3) is 0.806. The van der Waals surface area contributed by atoms with Crippen LogP contribution in [0.3, 0.4) is 0 Å². The highest BCUT2D eigenvalue weighted by molar-refractivity contribution is 5.90. The van der Waals surface area contributed by atoms with Crippen molar-refractivity contribution in [2.45, 2.75) is 113 Å². The first-order chi connectivity index (χ1) is 22.2. The lowest BCUT2D eigenvalue weighted by molar-refractivity contribution is -0.290. The van der Waals surface area contributed by atoms with E-state index in [1.165, 1.54) is 14.2 Å². The number of benzene rings is 1. The molecule has 260 valence electrons. The number of carbonyl (C=O) groups excluding carboxylic acids is 1. The van der Waals surface area contributed by atoms with E-state index < -0.39 is 70.0 Å². The lowest BCUT2D eigenvalue weighted by Gasteiger charge is -2.63. The zero-order valence-electron chi connectivity index (χ0n) is 28.1. The van der Waals surface area contributed by atoms with Crippen molar-refractivity contribution >= 4 is 5.97 Å². The molecule has 1 aromatic carbocycles. The average Bonchev–Trinajstić information content (AvgIpc) is 3.28. The molecule has 7 fully saturated rings. The van der Waals surface area contributed by atoms with E-state index in [0.717, 1.165) is 19.4 Å². The largest absolute Gasteiger partial charge is 0.493 e. The lowest BCUT2D eigenvalue weighted by atomic mass is 9.49. The van der Waals surface area contributed by atoms with Gasteiger partial charge in [0.05, 0.1) is 37.1 Å². The second-order valence-electron chi connectivity index (χ2n) is 16.5. The minimum atomic E-state index is -1.79. The maximum atomic E-state index is 13.5. The molecular formula is C36H51NO10. The summed E-state index contributed by atoms with van der Waals surface area (Å²) in [5.74, 6) is -3.32. The number of aliphatic hydroxyl groups is 5. The molecule has 11 heteroatoms. The highest BCUT2D eigenvalue weighted by atomic mass is 16.7. The van der Waals surface area contributed by atoms with Crippen molar-refractivity contribution in [3.63, 3.8) is 0 Å². The van der Waals surface area contributed by atoms with Crippen LogP contribution in [-0.2, 0) is 9.47 Å². The van der Waals surface area contributed by atoms with Gasteiger partial charge in [0.1, 0.15) is 11.7 Å². The minimum Gasteiger partial charge on any atom is -0.493 e. The fourth-order valence-corrected chi connectivity index (χ4v) is 12.7. The summed E-state index contributed by atoms with van der Waals surface area (Å²) in [4.78, 5) is 15.8. The number of esters is 1. The van der Waals surface area contributed by atoms with Crippen LogP contribution < -0.4 is 9.47 Å². The van der Waals surface area contributed by atoms with Gasteiger partial charge in [-0.15, -0.1) is 0 Å². The first-order valence-electron chi connectivity index (χ1n) is 17.6. The number of piperidine rings is 2. The molecule has 0 aromatic heterocycles. The number of nitrogens with zero attached hydrogens (tertiary/aromatic N) is 1. The number of aliphatic hydroxyl groups excluding tert-OH is 2. The van der Waals surface area contributed by atoms with Crippen LogP contribution in [0.25, 0.3) is 0 Å². The molecule has 4 saturated carbocycles. The molecule has 0 radical (unpaired) electrons. The summed E-state index contributed by atoms with van der Waals surface area (Å²) < 4.78 is 23.7. The maximum Gasteiger partial charge on any atom is 0.338 e. The number of hydrogen-bond donors (Lipinski definition) is 5. The molecule has 6 unspecified atom stereocenters. The van der Waals surface area contributed by atoms with Gasteiger partial charge in [0, 0.05) is 42.3 Å². The van der Waals surface area contributed by atoms with E-state index in [1.54, 1.807) is 25.1 Å². The third kappa shape index (κ3) is 3.91. The molecule has 1 spiro atoms. The molecule has 8 rings (SSSR count). The molecule has 0 amide bonds. The van der Waals surface area contributed by atoms with Crippen molar-refractivity contribution in [2.75, 3.05) is 27.3 Å². The van der Waals surface area contributed by atoms with Gasteiger partial charge in [-0.1, -0.05) is 13.8 Å². The van der Waals surface area contributed by atoms with Crippen molar-refractivity contribution < 1.29 is 49.3 Å². The third-order valence-corrected chi connectivity index (χ3v) is 14.7. The zero-order chi connectivity index (χ0) is 33.5. The molecule has 1 aromatic rings. The number of methoxy groups -OCH3 is 2. The summed E-state index contributed by atoms with van der Waals surface area (Å²) in [5, 5.41) is 61.1. The third-order valence-electron chi connectivity index (χ3n) is 14.7. The van der Waals surface area contributed by atoms with E-state index in [1.807, 2.05) is 0 Å². The molecule has 11 nitrogen and oxygen atoms in total. The summed E-state index contributed by atoms with van der Waals surface area (Å²) in [5.41, 5.74) is -4.24. The predicted octanol–water partition coefficient (Wildman–Crippen LogP) is 2.10. The molecule has 3 heterocycles. The summed E-state index contributed by atoms with van der Waals surface area (Å²) >= 11 is 0. The molecule has 15 atom stereocenters. The van der Waals surface area contributed by atoms with Gasteiger partial charge in [-0.25, -0.2) is 4.79 Å². The minimum absolute atomic E-state index is 0.125. The molecule has 4 bridgehead atoms. The standard InChI is InChI=1S/C36H51NO10/c1-18-6-11-26-33(3,41)28-20(17-37(26)16-18)21-15-34-25(35(21,42)30(39)29(28)38)10-9-24-32(34,2)13-12-27(36(24,43)47-34)46-31(40)19-7-8-22(44-4)23(14-19)45-5/h7-8,14,18,20-21,24-30,38-39,41-43H,6,9-13,15-17H2,1-5H3/t18-,20?,21?,24?,25?,26-,27-,28?,29+,30-,32-,33?,34-,35-,36-/m0/s1. The Morgan fingerprint density at radius 1 is 0.957 bits per heavy atom. The number of rotatable bonds is 4. The Kier molecular flexibility index (Phi) is 7.05. The Bertz CT molecular complexity index is 1450. The van der Waals surface area contributed by atoms with Gasteiger partial charge in [0.2, 0.25) is 5.79 Å². The van der Waals surface area contributed by atoms with E-state index in [0.29, 0.717) is 56.1 Å². The quantitative estimate of drug-likeness (QED) is 0.302. The van der Waals surface area contributed by atoms with Crippen molar-refractivity contribution in [2.24, 2.45) is 40.9 Å². The van der Waals surface area contributed by atoms with Gasteiger partial charge < -0.3 is 44.5 Å². The zero-order valence-corrected chi connectivity index (χ0v) is 28.1.